The summed E-state index contributed by atoms with van der Waals surface area (Å²) in [5, 5.41) is 11.3. The van der Waals surface area contributed by atoms with Crippen molar-refractivity contribution >= 4 is 5.91 Å². The van der Waals surface area contributed by atoms with E-state index in [9.17, 15) is 4.79 Å². The zero-order valence-electron chi connectivity index (χ0n) is 8.79. The quantitative estimate of drug-likeness (QED) is 0.577. The van der Waals surface area contributed by atoms with Gasteiger partial charge in [-0.3, -0.25) is 4.79 Å². The highest BCUT2D eigenvalue weighted by atomic mass is 16.3. The van der Waals surface area contributed by atoms with Crippen molar-refractivity contribution in [1.29, 1.82) is 0 Å². The van der Waals surface area contributed by atoms with Crippen molar-refractivity contribution < 1.29 is 9.90 Å². The van der Waals surface area contributed by atoms with Crippen LogP contribution in [0.15, 0.2) is 0 Å². The Hall–Kier alpha value is -0.610. The zero-order valence-corrected chi connectivity index (χ0v) is 8.79. The van der Waals surface area contributed by atoms with E-state index in [4.69, 9.17) is 10.8 Å². The topological polar surface area (TPSA) is 75.3 Å². The van der Waals surface area contributed by atoms with Crippen LogP contribution in [0.2, 0.25) is 0 Å². The molecule has 0 aromatic rings. The lowest BCUT2D eigenvalue weighted by atomic mass is 9.87. The second-order valence-electron chi connectivity index (χ2n) is 4.44. The number of nitrogens with one attached hydrogen (secondary N) is 1. The molecule has 0 bridgehead atoms. The molecule has 4 nitrogen and oxygen atoms in total. The molecule has 0 fully saturated rings. The third-order valence-electron chi connectivity index (χ3n) is 1.88. The van der Waals surface area contributed by atoms with E-state index in [-0.39, 0.29) is 24.0 Å². The fourth-order valence-corrected chi connectivity index (χ4v) is 0.772. The Kier molecular flexibility index (Phi) is 4.36. The van der Waals surface area contributed by atoms with Crippen LogP contribution in [-0.2, 0) is 4.79 Å². The van der Waals surface area contributed by atoms with Crippen molar-refractivity contribution in [1.82, 2.24) is 5.32 Å². The summed E-state index contributed by atoms with van der Waals surface area (Å²) in [4.78, 5) is 11.4. The molecule has 0 aliphatic heterocycles. The monoisotopic (exact) mass is 188 g/mol. The maximum Gasteiger partial charge on any atom is 0.237 e. The minimum Gasteiger partial charge on any atom is -0.394 e. The lowest BCUT2D eigenvalue weighted by molar-refractivity contribution is -0.125. The molecule has 0 aliphatic carbocycles. The van der Waals surface area contributed by atoms with Crippen molar-refractivity contribution in [2.24, 2.45) is 11.1 Å². The third-order valence-corrected chi connectivity index (χ3v) is 1.88. The SMILES string of the molecule is C[C@H](CO)NC(=O)[C@@H](N)C(C)(C)C. The van der Waals surface area contributed by atoms with E-state index in [1.54, 1.807) is 6.92 Å². The van der Waals surface area contributed by atoms with Crippen LogP contribution in [0.1, 0.15) is 27.7 Å². The van der Waals surface area contributed by atoms with Crippen LogP contribution in [-0.4, -0.2) is 29.7 Å². The van der Waals surface area contributed by atoms with Crippen molar-refractivity contribution in [2.45, 2.75) is 39.8 Å². The van der Waals surface area contributed by atoms with Crippen LogP contribution in [0, 0.1) is 5.41 Å². The number of aliphatic hydroxyl groups is 1. The summed E-state index contributed by atoms with van der Waals surface area (Å²) in [6.45, 7) is 7.37. The molecule has 0 aromatic heterocycles. The summed E-state index contributed by atoms with van der Waals surface area (Å²) in [6.07, 6.45) is 0. The van der Waals surface area contributed by atoms with Gasteiger partial charge in [0, 0.05) is 6.04 Å². The fourth-order valence-electron chi connectivity index (χ4n) is 0.772. The number of rotatable bonds is 3. The molecule has 1 amide bonds. The predicted octanol–water partition coefficient (Wildman–Crippen LogP) is -0.143. The summed E-state index contributed by atoms with van der Waals surface area (Å²) in [7, 11) is 0. The molecule has 4 N–H and O–H groups in total. The number of carbonyl (C=O) groups excluding carboxylic acids is 1. The van der Waals surface area contributed by atoms with E-state index in [0.29, 0.717) is 0 Å². The Morgan fingerprint density at radius 3 is 2.31 bits per heavy atom. The Morgan fingerprint density at radius 2 is 2.00 bits per heavy atom. The Balaban J connectivity index is 4.12. The van der Waals surface area contributed by atoms with Gasteiger partial charge in [-0.2, -0.15) is 0 Å². The number of hydrogen-bond donors (Lipinski definition) is 3. The summed E-state index contributed by atoms with van der Waals surface area (Å²) in [5.74, 6) is -0.214. The molecular formula is C9H20N2O2. The van der Waals surface area contributed by atoms with E-state index < -0.39 is 6.04 Å². The van der Waals surface area contributed by atoms with E-state index in [1.807, 2.05) is 20.8 Å². The first-order chi connectivity index (χ1) is 5.79. The highest BCUT2D eigenvalue weighted by molar-refractivity contribution is 5.82. The van der Waals surface area contributed by atoms with Crippen molar-refractivity contribution in [3.05, 3.63) is 0 Å². The molecule has 0 saturated heterocycles. The normalized spacial score (nSPS) is 16.5. The zero-order chi connectivity index (χ0) is 10.6. The lowest BCUT2D eigenvalue weighted by Gasteiger charge is -2.26. The summed E-state index contributed by atoms with van der Waals surface area (Å²) < 4.78 is 0. The molecule has 13 heavy (non-hydrogen) atoms. The number of carbonyl (C=O) groups is 1. The summed E-state index contributed by atoms with van der Waals surface area (Å²) in [5.41, 5.74) is 5.45. The Morgan fingerprint density at radius 1 is 1.54 bits per heavy atom. The molecule has 0 rings (SSSR count). The smallest absolute Gasteiger partial charge is 0.237 e. The van der Waals surface area contributed by atoms with Gasteiger partial charge in [-0.15, -0.1) is 0 Å². The van der Waals surface area contributed by atoms with Crippen LogP contribution in [0.25, 0.3) is 0 Å². The Labute approximate surface area is 79.5 Å². The molecule has 2 atom stereocenters. The van der Waals surface area contributed by atoms with Crippen LogP contribution in [0.4, 0.5) is 0 Å². The largest absolute Gasteiger partial charge is 0.394 e. The van der Waals surface area contributed by atoms with Gasteiger partial charge in [0.2, 0.25) is 5.91 Å². The standard InChI is InChI=1S/C9H20N2O2/c1-6(5-12)11-8(13)7(10)9(2,3)4/h6-7,12H,5,10H2,1-4H3,(H,11,13)/t6-,7-/m1/s1. The molecule has 0 aliphatic rings. The molecule has 0 unspecified atom stereocenters. The second kappa shape index (κ2) is 4.58. The van der Waals surface area contributed by atoms with Gasteiger partial charge in [0.05, 0.1) is 12.6 Å². The van der Waals surface area contributed by atoms with E-state index in [0.717, 1.165) is 0 Å². The number of nitrogens with two attached hydrogens (primary N) is 1. The number of aliphatic hydroxyl groups excluding tert-OH is 1. The minimum absolute atomic E-state index is 0.0669. The molecule has 0 saturated carbocycles. The average molecular weight is 188 g/mol. The molecule has 0 aromatic carbocycles. The molecule has 0 spiro atoms. The summed E-state index contributed by atoms with van der Waals surface area (Å²) >= 11 is 0. The van der Waals surface area contributed by atoms with Crippen LogP contribution >= 0.6 is 0 Å². The first-order valence-corrected chi connectivity index (χ1v) is 4.46. The summed E-state index contributed by atoms with van der Waals surface area (Å²) in [6, 6.07) is -0.776. The van der Waals surface area contributed by atoms with Crippen LogP contribution in [0.5, 0.6) is 0 Å². The van der Waals surface area contributed by atoms with Crippen molar-refractivity contribution in [3.63, 3.8) is 0 Å². The van der Waals surface area contributed by atoms with Crippen molar-refractivity contribution in [2.75, 3.05) is 6.61 Å². The first kappa shape index (κ1) is 12.4. The van der Waals surface area contributed by atoms with Crippen LogP contribution < -0.4 is 11.1 Å². The lowest BCUT2D eigenvalue weighted by Crippen LogP contribution is -2.51. The maximum absolute atomic E-state index is 11.4. The number of hydrogen-bond acceptors (Lipinski definition) is 3. The van der Waals surface area contributed by atoms with Gasteiger partial charge in [0.25, 0.3) is 0 Å². The van der Waals surface area contributed by atoms with Gasteiger partial charge < -0.3 is 16.2 Å². The average Bonchev–Trinajstić information content (AvgIpc) is 2.01. The van der Waals surface area contributed by atoms with Gasteiger partial charge in [0.1, 0.15) is 0 Å². The van der Waals surface area contributed by atoms with E-state index >= 15 is 0 Å². The van der Waals surface area contributed by atoms with Gasteiger partial charge >= 0.3 is 0 Å². The first-order valence-electron chi connectivity index (χ1n) is 4.46. The molecule has 0 heterocycles. The van der Waals surface area contributed by atoms with Crippen LogP contribution in [0.3, 0.4) is 0 Å². The maximum atomic E-state index is 11.4. The van der Waals surface area contributed by atoms with E-state index in [2.05, 4.69) is 5.32 Å². The van der Waals surface area contributed by atoms with Crippen molar-refractivity contribution in [3.8, 4) is 0 Å². The van der Waals surface area contributed by atoms with Gasteiger partial charge in [-0.25, -0.2) is 0 Å². The van der Waals surface area contributed by atoms with Gasteiger partial charge in [0.15, 0.2) is 0 Å². The van der Waals surface area contributed by atoms with Gasteiger partial charge in [-0.1, -0.05) is 20.8 Å². The highest BCUT2D eigenvalue weighted by Crippen LogP contribution is 2.17. The van der Waals surface area contributed by atoms with E-state index in [1.165, 1.54) is 0 Å². The number of amides is 1. The van der Waals surface area contributed by atoms with Gasteiger partial charge in [-0.05, 0) is 12.3 Å². The molecule has 78 valence electrons. The fraction of sp³-hybridized carbons (Fsp3) is 0.889. The molecule has 4 heteroatoms. The highest BCUT2D eigenvalue weighted by Gasteiger charge is 2.27. The Bertz CT molecular complexity index is 175. The second-order valence-corrected chi connectivity index (χ2v) is 4.44. The molecule has 0 radical (unpaired) electrons. The third kappa shape index (κ3) is 4.24. The minimum atomic E-state index is -0.540. The molecular weight excluding hydrogens is 168 g/mol. The predicted molar refractivity (Wildman–Crippen MR) is 52.1 cm³/mol.